The SMILES string of the molecule is CSC#C[Se-]. The zero-order valence-corrected chi connectivity index (χ0v) is 5.35. The third-order valence-corrected chi connectivity index (χ3v) is 0.956. The Kier molecular flexibility index (Phi) is 4.81. The zero-order chi connectivity index (χ0) is 4.12. The number of hydrogen-bond donors (Lipinski definition) is 0. The van der Waals surface area contributed by atoms with Crippen LogP contribution in [-0.4, -0.2) is 22.3 Å². The summed E-state index contributed by atoms with van der Waals surface area (Å²) in [7, 11) is 0. The molecular weight excluding hydrogens is 147 g/mol. The molecule has 0 saturated heterocycles. The van der Waals surface area contributed by atoms with E-state index in [1.54, 1.807) is 0 Å². The molecule has 0 aliphatic heterocycles. The van der Waals surface area contributed by atoms with Crippen LogP contribution in [0.5, 0.6) is 0 Å². The summed E-state index contributed by atoms with van der Waals surface area (Å²) in [5.41, 5.74) is 0. The Hall–Kier alpha value is 0.429. The van der Waals surface area contributed by atoms with E-state index >= 15 is 0 Å². The fourth-order valence-corrected chi connectivity index (χ4v) is 0.650. The molecule has 0 rings (SSSR count). The van der Waals surface area contributed by atoms with Gasteiger partial charge in [0.25, 0.3) is 0 Å². The van der Waals surface area contributed by atoms with Crippen LogP contribution in [0.1, 0.15) is 0 Å². The maximum absolute atomic E-state index is 2.72. The molecule has 0 unspecified atom stereocenters. The van der Waals surface area contributed by atoms with E-state index < -0.39 is 0 Å². The van der Waals surface area contributed by atoms with Gasteiger partial charge in [-0.15, -0.1) is 0 Å². The van der Waals surface area contributed by atoms with E-state index in [-0.39, 0.29) is 0 Å². The second kappa shape index (κ2) is 4.43. The van der Waals surface area contributed by atoms with Gasteiger partial charge in [0.1, 0.15) is 0 Å². The van der Waals surface area contributed by atoms with Gasteiger partial charge in [-0.25, -0.2) is 0 Å². The Labute approximate surface area is 44.5 Å². The number of rotatable bonds is 0. The van der Waals surface area contributed by atoms with Crippen molar-refractivity contribution in [3.63, 3.8) is 0 Å². The quantitative estimate of drug-likeness (QED) is 0.356. The minimum atomic E-state index is 1.51. The normalized spacial score (nSPS) is 5.00. The van der Waals surface area contributed by atoms with E-state index in [1.165, 1.54) is 11.8 Å². The molecular formula is C3H3SSe-. The molecule has 0 radical (unpaired) electrons. The van der Waals surface area contributed by atoms with E-state index in [9.17, 15) is 0 Å². The first-order chi connectivity index (χ1) is 2.41. The van der Waals surface area contributed by atoms with Crippen LogP contribution in [0.2, 0.25) is 0 Å². The molecule has 0 amide bonds. The van der Waals surface area contributed by atoms with Crippen molar-refractivity contribution in [1.82, 2.24) is 0 Å². The fraction of sp³-hybridized carbons (Fsp3) is 0.333. The van der Waals surface area contributed by atoms with Gasteiger partial charge in [-0.2, -0.15) is 0 Å². The summed E-state index contributed by atoms with van der Waals surface area (Å²) in [6.07, 6.45) is 1.93. The van der Waals surface area contributed by atoms with Crippen molar-refractivity contribution >= 4 is 27.8 Å². The average molecular weight is 150 g/mol. The fourth-order valence-electron chi connectivity index (χ4n) is 0.0417. The predicted molar refractivity (Wildman–Crippen MR) is 27.0 cm³/mol. The van der Waals surface area contributed by atoms with Crippen LogP contribution < -0.4 is 0 Å². The van der Waals surface area contributed by atoms with Gasteiger partial charge >= 0.3 is 44.1 Å². The molecule has 0 spiro atoms. The summed E-state index contributed by atoms with van der Waals surface area (Å²) in [5, 5.41) is 2.72. The Balaban J connectivity index is 2.81. The Morgan fingerprint density at radius 1 is 1.80 bits per heavy atom. The van der Waals surface area contributed by atoms with Crippen LogP contribution >= 0.6 is 11.8 Å². The minimum absolute atomic E-state index is 1.51. The molecule has 0 heterocycles. The second-order valence-corrected chi connectivity index (χ2v) is 1.45. The first-order valence-corrected chi connectivity index (χ1v) is 3.15. The van der Waals surface area contributed by atoms with Gasteiger partial charge in [-0.05, 0) is 0 Å². The molecule has 28 valence electrons. The topological polar surface area (TPSA) is 0 Å². The molecule has 0 aromatic carbocycles. The molecule has 0 saturated carbocycles. The van der Waals surface area contributed by atoms with Gasteiger partial charge in [0.2, 0.25) is 0 Å². The zero-order valence-electron chi connectivity index (χ0n) is 2.82. The Morgan fingerprint density at radius 2 is 2.40 bits per heavy atom. The second-order valence-electron chi connectivity index (χ2n) is 0.408. The molecule has 0 nitrogen and oxygen atoms in total. The van der Waals surface area contributed by atoms with Crippen LogP contribution in [0.4, 0.5) is 0 Å². The first-order valence-electron chi connectivity index (χ1n) is 1.07. The molecule has 5 heavy (non-hydrogen) atoms. The first kappa shape index (κ1) is 5.43. The van der Waals surface area contributed by atoms with Gasteiger partial charge in [-0.3, -0.25) is 0 Å². The monoisotopic (exact) mass is 151 g/mol. The summed E-state index contributed by atoms with van der Waals surface area (Å²) in [4.78, 5) is 2.61. The van der Waals surface area contributed by atoms with Crippen molar-refractivity contribution < 1.29 is 0 Å². The Morgan fingerprint density at radius 3 is 2.40 bits per heavy atom. The Bertz CT molecular complexity index is 59.0. The standard InChI is InChI=1S/C3H4SSe/c1-4-2-3-5/h5H,1H3/p-1. The van der Waals surface area contributed by atoms with Crippen molar-refractivity contribution in [2.45, 2.75) is 0 Å². The maximum atomic E-state index is 2.72. The predicted octanol–water partition coefficient (Wildman–Crippen LogP) is 0.436. The van der Waals surface area contributed by atoms with E-state index in [2.05, 4.69) is 26.1 Å². The van der Waals surface area contributed by atoms with Crippen molar-refractivity contribution in [3.8, 4) is 10.1 Å². The van der Waals surface area contributed by atoms with Crippen molar-refractivity contribution in [3.05, 3.63) is 0 Å². The van der Waals surface area contributed by atoms with Gasteiger partial charge in [0, 0.05) is 0 Å². The van der Waals surface area contributed by atoms with E-state index in [4.69, 9.17) is 0 Å². The average Bonchev–Trinajstić information content (AvgIpc) is 1.41. The number of thioether (sulfide) groups is 1. The van der Waals surface area contributed by atoms with E-state index in [0.717, 1.165) is 0 Å². The van der Waals surface area contributed by atoms with Crippen LogP contribution in [0.3, 0.4) is 0 Å². The third-order valence-electron chi connectivity index (χ3n) is 0.144. The summed E-state index contributed by atoms with van der Waals surface area (Å²) in [6.45, 7) is 0. The van der Waals surface area contributed by atoms with Gasteiger partial charge < -0.3 is 0 Å². The molecule has 0 aliphatic carbocycles. The number of hydrogen-bond acceptors (Lipinski definition) is 1. The van der Waals surface area contributed by atoms with Crippen LogP contribution in [-0.2, 0) is 0 Å². The van der Waals surface area contributed by atoms with Crippen LogP contribution in [0, 0.1) is 10.1 Å². The summed E-state index contributed by atoms with van der Waals surface area (Å²) in [6, 6.07) is 0. The van der Waals surface area contributed by atoms with Crippen molar-refractivity contribution in [2.24, 2.45) is 0 Å². The van der Waals surface area contributed by atoms with E-state index in [1.807, 2.05) is 6.26 Å². The van der Waals surface area contributed by atoms with Gasteiger partial charge in [0.05, 0.1) is 0 Å². The molecule has 0 atom stereocenters. The van der Waals surface area contributed by atoms with Gasteiger partial charge in [-0.1, -0.05) is 0 Å². The van der Waals surface area contributed by atoms with Crippen LogP contribution in [0.15, 0.2) is 0 Å². The summed E-state index contributed by atoms with van der Waals surface area (Å²) >= 11 is 4.07. The summed E-state index contributed by atoms with van der Waals surface area (Å²) < 4.78 is 0. The molecule has 0 aliphatic rings. The van der Waals surface area contributed by atoms with Crippen molar-refractivity contribution in [1.29, 1.82) is 0 Å². The molecule has 0 bridgehead atoms. The molecule has 0 fully saturated rings. The molecule has 2 heteroatoms. The third kappa shape index (κ3) is 4.43. The van der Waals surface area contributed by atoms with Crippen LogP contribution in [0.25, 0.3) is 0 Å². The molecule has 0 aromatic rings. The van der Waals surface area contributed by atoms with Crippen molar-refractivity contribution in [2.75, 3.05) is 6.26 Å². The molecule has 0 N–H and O–H groups in total. The summed E-state index contributed by atoms with van der Waals surface area (Å²) in [5.74, 6) is 0. The van der Waals surface area contributed by atoms with E-state index in [0.29, 0.717) is 0 Å². The van der Waals surface area contributed by atoms with Gasteiger partial charge in [0.15, 0.2) is 0 Å². The molecule has 0 aromatic heterocycles.